The number of carbonyl (C=O) groups excluding carboxylic acids is 1. The third-order valence-electron chi connectivity index (χ3n) is 4.81. The van der Waals surface area contributed by atoms with Gasteiger partial charge in [-0.3, -0.25) is 4.79 Å². The summed E-state index contributed by atoms with van der Waals surface area (Å²) in [5.74, 6) is 0.889. The Kier molecular flexibility index (Phi) is 7.73. The number of hydrazone groups is 1. The van der Waals surface area contributed by atoms with Crippen LogP contribution in [0.25, 0.3) is 11.4 Å². The van der Waals surface area contributed by atoms with E-state index in [2.05, 4.69) is 81.7 Å². The predicted molar refractivity (Wildman–Crippen MR) is 131 cm³/mol. The fourth-order valence-corrected chi connectivity index (χ4v) is 4.22. The van der Waals surface area contributed by atoms with E-state index in [1.54, 1.807) is 18.2 Å². The molecule has 0 fully saturated rings. The van der Waals surface area contributed by atoms with Gasteiger partial charge in [-0.2, -0.15) is 5.10 Å². The third-order valence-corrected chi connectivity index (χ3v) is 6.28. The van der Waals surface area contributed by atoms with Gasteiger partial charge in [0.05, 0.1) is 29.2 Å². The Morgan fingerprint density at radius 1 is 1.28 bits per heavy atom. The van der Waals surface area contributed by atoms with E-state index in [0.717, 1.165) is 27.6 Å². The number of aromatic amines is 1. The zero-order chi connectivity index (χ0) is 23.3. The minimum absolute atomic E-state index is 0.0872. The van der Waals surface area contributed by atoms with Crippen LogP contribution in [0.1, 0.15) is 38.8 Å². The lowest BCUT2D eigenvalue weighted by molar-refractivity contribution is -0.719. The summed E-state index contributed by atoms with van der Waals surface area (Å²) in [6, 6.07) is 13.4. The number of hydrogen-bond acceptors (Lipinski definition) is 5. The van der Waals surface area contributed by atoms with E-state index in [9.17, 15) is 9.90 Å². The average molecular weight is 517 g/mol. The summed E-state index contributed by atoms with van der Waals surface area (Å²) in [6.07, 6.45) is 1.41. The number of H-pyrrole nitrogens is 1. The molecule has 1 aromatic heterocycles. The molecule has 7 nitrogen and oxygen atoms in total. The summed E-state index contributed by atoms with van der Waals surface area (Å²) in [5, 5.41) is 22.0. The monoisotopic (exact) mass is 516 g/mol. The number of aromatic nitrogens is 3. The molecule has 9 heteroatoms. The first-order valence-corrected chi connectivity index (χ1v) is 12.0. The van der Waals surface area contributed by atoms with Gasteiger partial charge in [-0.1, -0.05) is 48.8 Å². The summed E-state index contributed by atoms with van der Waals surface area (Å²) >= 11 is 4.67. The molecule has 0 aliphatic rings. The zero-order valence-electron chi connectivity index (χ0n) is 18.5. The second kappa shape index (κ2) is 10.3. The van der Waals surface area contributed by atoms with Gasteiger partial charge in [0, 0.05) is 10.0 Å². The molecule has 2 aromatic carbocycles. The van der Waals surface area contributed by atoms with Crippen LogP contribution in [0.2, 0.25) is 0 Å². The van der Waals surface area contributed by atoms with Crippen LogP contribution in [0, 0.1) is 0 Å². The van der Waals surface area contributed by atoms with Crippen molar-refractivity contribution in [2.45, 2.75) is 44.8 Å². The molecule has 3 rings (SSSR count). The molecule has 0 saturated carbocycles. The highest BCUT2D eigenvalue weighted by molar-refractivity contribution is 9.10. The first kappa shape index (κ1) is 24.0. The molecule has 168 valence electrons. The van der Waals surface area contributed by atoms with Crippen molar-refractivity contribution in [3.8, 4) is 17.1 Å². The Balaban J connectivity index is 1.63. The molecular weight excluding hydrogens is 490 g/mol. The topological polar surface area (TPSA) is 94.2 Å². The minimum Gasteiger partial charge on any atom is -0.507 e. The predicted octanol–water partition coefficient (Wildman–Crippen LogP) is 4.39. The Bertz CT molecular complexity index is 1120. The molecule has 0 saturated heterocycles. The van der Waals surface area contributed by atoms with Gasteiger partial charge in [-0.05, 0) is 60.0 Å². The van der Waals surface area contributed by atoms with Crippen LogP contribution in [0.4, 0.5) is 0 Å². The third kappa shape index (κ3) is 5.98. The van der Waals surface area contributed by atoms with E-state index in [-0.39, 0.29) is 22.8 Å². The lowest BCUT2D eigenvalue weighted by atomic mass is 9.87. The van der Waals surface area contributed by atoms with E-state index in [1.807, 2.05) is 11.5 Å². The van der Waals surface area contributed by atoms with Crippen molar-refractivity contribution in [2.75, 3.05) is 5.75 Å². The Labute approximate surface area is 200 Å². The number of benzene rings is 2. The number of aromatic hydroxyl groups is 1. The van der Waals surface area contributed by atoms with Crippen molar-refractivity contribution in [2.24, 2.45) is 5.10 Å². The molecule has 1 heterocycles. The van der Waals surface area contributed by atoms with Crippen molar-refractivity contribution in [1.29, 1.82) is 0 Å². The number of phenolic OH excluding ortho intramolecular Hbond substituents is 1. The van der Waals surface area contributed by atoms with Gasteiger partial charge in [-0.15, -0.1) is 5.10 Å². The Morgan fingerprint density at radius 3 is 2.66 bits per heavy atom. The standard InChI is InChI=1S/C23H26BrN5O2S/c1-5-29-21(15-6-8-17(9-7-15)23(2,3)4)27-28-22(29)32-14-20(31)26-25-13-16-12-18(24)10-11-19(16)30/h6-13H,5,14H2,1-4H3,(H2,25,26,30,31)/p+1. The van der Waals surface area contributed by atoms with Gasteiger partial charge in [0.2, 0.25) is 0 Å². The van der Waals surface area contributed by atoms with Gasteiger partial charge in [0.15, 0.2) is 0 Å². The second-order valence-electron chi connectivity index (χ2n) is 8.21. The molecule has 0 aliphatic heterocycles. The number of carbonyl (C=O) groups is 1. The van der Waals surface area contributed by atoms with E-state index >= 15 is 0 Å². The summed E-state index contributed by atoms with van der Waals surface area (Å²) in [5.41, 5.74) is 5.40. The SMILES string of the molecule is CC[n+]1c(SCC(=O)NN=Cc2cc(Br)ccc2O)n[nH]c1-c1ccc(C(C)(C)C)cc1. The normalized spacial score (nSPS) is 11.8. The van der Waals surface area contributed by atoms with Crippen LogP contribution >= 0.6 is 27.7 Å². The number of nitrogens with one attached hydrogen (secondary N) is 2. The largest absolute Gasteiger partial charge is 0.507 e. The summed E-state index contributed by atoms with van der Waals surface area (Å²) < 4.78 is 2.86. The van der Waals surface area contributed by atoms with E-state index in [1.165, 1.54) is 23.5 Å². The molecule has 1 amide bonds. The molecule has 3 aromatic rings. The van der Waals surface area contributed by atoms with Crippen LogP contribution < -0.4 is 9.99 Å². The van der Waals surface area contributed by atoms with E-state index in [0.29, 0.717) is 5.56 Å². The van der Waals surface area contributed by atoms with Crippen LogP contribution in [-0.2, 0) is 16.8 Å². The Hall–Kier alpha value is -2.65. The molecule has 0 bridgehead atoms. The first-order chi connectivity index (χ1) is 15.2. The number of halogens is 1. The fraction of sp³-hybridized carbons (Fsp3) is 0.304. The number of thioether (sulfide) groups is 1. The maximum Gasteiger partial charge on any atom is 0.337 e. The summed E-state index contributed by atoms with van der Waals surface area (Å²) in [6.45, 7) is 9.33. The maximum absolute atomic E-state index is 12.2. The zero-order valence-corrected chi connectivity index (χ0v) is 20.9. The highest BCUT2D eigenvalue weighted by Gasteiger charge is 2.22. The smallest absolute Gasteiger partial charge is 0.337 e. The number of amides is 1. The van der Waals surface area contributed by atoms with Crippen molar-refractivity contribution in [3.05, 3.63) is 58.1 Å². The molecule has 0 aliphatic carbocycles. The second-order valence-corrected chi connectivity index (χ2v) is 10.1. The average Bonchev–Trinajstić information content (AvgIpc) is 3.17. The molecular formula is C23H27BrN5O2S+. The lowest BCUT2D eigenvalue weighted by Crippen LogP contribution is -2.36. The number of nitrogens with zero attached hydrogens (tertiary/aromatic N) is 3. The fourth-order valence-electron chi connectivity index (χ4n) is 3.03. The van der Waals surface area contributed by atoms with Gasteiger partial charge >= 0.3 is 5.16 Å². The molecule has 0 unspecified atom stereocenters. The van der Waals surface area contributed by atoms with Crippen molar-refractivity contribution >= 4 is 39.8 Å². The highest BCUT2D eigenvalue weighted by atomic mass is 79.9. The van der Waals surface area contributed by atoms with Gasteiger partial charge in [-0.25, -0.2) is 9.99 Å². The van der Waals surface area contributed by atoms with Crippen LogP contribution in [0.3, 0.4) is 0 Å². The number of phenols is 1. The van der Waals surface area contributed by atoms with Gasteiger partial charge < -0.3 is 5.11 Å². The Morgan fingerprint density at radius 2 is 2.00 bits per heavy atom. The van der Waals surface area contributed by atoms with Gasteiger partial charge in [0.25, 0.3) is 11.7 Å². The van der Waals surface area contributed by atoms with Crippen LogP contribution in [-0.4, -0.2) is 33.2 Å². The van der Waals surface area contributed by atoms with E-state index in [4.69, 9.17) is 0 Å². The quantitative estimate of drug-likeness (QED) is 0.188. The minimum atomic E-state index is -0.262. The van der Waals surface area contributed by atoms with Crippen LogP contribution in [0.15, 0.2) is 57.2 Å². The summed E-state index contributed by atoms with van der Waals surface area (Å²) in [7, 11) is 0. The molecule has 0 radical (unpaired) electrons. The molecule has 32 heavy (non-hydrogen) atoms. The number of hydrogen-bond donors (Lipinski definition) is 3. The van der Waals surface area contributed by atoms with Crippen molar-refractivity contribution in [1.82, 2.24) is 15.6 Å². The lowest BCUT2D eigenvalue weighted by Gasteiger charge is -2.18. The molecule has 3 N–H and O–H groups in total. The summed E-state index contributed by atoms with van der Waals surface area (Å²) in [4.78, 5) is 12.2. The van der Waals surface area contributed by atoms with Crippen molar-refractivity contribution < 1.29 is 14.5 Å². The highest BCUT2D eigenvalue weighted by Crippen LogP contribution is 2.25. The van der Waals surface area contributed by atoms with Gasteiger partial charge in [0.1, 0.15) is 5.75 Å². The molecule has 0 atom stereocenters. The van der Waals surface area contributed by atoms with Crippen LogP contribution in [0.5, 0.6) is 5.75 Å². The van der Waals surface area contributed by atoms with E-state index < -0.39 is 0 Å². The maximum atomic E-state index is 12.2. The molecule has 0 spiro atoms. The van der Waals surface area contributed by atoms with Crippen molar-refractivity contribution in [3.63, 3.8) is 0 Å². The first-order valence-electron chi connectivity index (χ1n) is 10.2. The number of rotatable bonds is 7.